The molecule has 0 aliphatic heterocycles. The number of methoxy groups -OCH3 is 1. The van der Waals surface area contributed by atoms with Crippen LogP contribution in [0.2, 0.25) is 0 Å². The number of nitrogens with zero attached hydrogens (tertiary/aromatic N) is 4. The summed E-state index contributed by atoms with van der Waals surface area (Å²) in [5, 5.41) is 14.2. The van der Waals surface area contributed by atoms with Gasteiger partial charge in [-0.15, -0.1) is 10.2 Å². The van der Waals surface area contributed by atoms with Gasteiger partial charge < -0.3 is 9.47 Å². The first kappa shape index (κ1) is 23.3. The number of halogens is 1. The maximum Gasteiger partial charge on any atom is 0.212 e. The summed E-state index contributed by atoms with van der Waals surface area (Å²) in [7, 11) is 1.64. The molecule has 8 heteroatoms. The second-order valence-corrected chi connectivity index (χ2v) is 9.06. The van der Waals surface area contributed by atoms with Gasteiger partial charge in [-0.3, -0.25) is 0 Å². The Morgan fingerprint density at radius 3 is 2.58 bits per heavy atom. The molecule has 2 aromatic carbocycles. The van der Waals surface area contributed by atoms with Crippen molar-refractivity contribution in [2.45, 2.75) is 50.6 Å². The maximum atomic E-state index is 5.79. The number of ether oxygens (including phenoxy) is 2. The van der Waals surface area contributed by atoms with Crippen molar-refractivity contribution < 1.29 is 9.47 Å². The second kappa shape index (κ2) is 11.3. The Hall–Kier alpha value is -2.32. The Morgan fingerprint density at radius 1 is 1.13 bits per heavy atom. The van der Waals surface area contributed by atoms with E-state index in [4.69, 9.17) is 9.47 Å². The van der Waals surface area contributed by atoms with Crippen LogP contribution in [0.15, 0.2) is 57.2 Å². The fourth-order valence-electron chi connectivity index (χ4n) is 2.85. The lowest BCUT2D eigenvalue weighted by Gasteiger charge is -2.13. The first-order valence-electron chi connectivity index (χ1n) is 10.2. The first-order chi connectivity index (χ1) is 15.0. The van der Waals surface area contributed by atoms with Crippen LogP contribution < -0.4 is 9.47 Å². The van der Waals surface area contributed by atoms with Crippen LogP contribution >= 0.6 is 27.7 Å². The molecule has 0 spiro atoms. The molecule has 3 aromatic rings. The third kappa shape index (κ3) is 6.58. The molecule has 0 N–H and O–H groups in total. The van der Waals surface area contributed by atoms with E-state index in [0.29, 0.717) is 5.75 Å². The average molecular weight is 503 g/mol. The van der Waals surface area contributed by atoms with Crippen molar-refractivity contribution in [2.24, 2.45) is 5.10 Å². The highest BCUT2D eigenvalue weighted by Crippen LogP contribution is 2.29. The van der Waals surface area contributed by atoms with Crippen LogP contribution in [0.4, 0.5) is 0 Å². The minimum atomic E-state index is 0.0763. The lowest BCUT2D eigenvalue weighted by molar-refractivity contribution is 0.230. The fraction of sp³-hybridized carbons (Fsp3) is 0.348. The number of aryl methyl sites for hydroxylation is 1. The lowest BCUT2D eigenvalue weighted by Crippen LogP contribution is -2.07. The monoisotopic (exact) mass is 502 g/mol. The molecule has 0 unspecified atom stereocenters. The van der Waals surface area contributed by atoms with Gasteiger partial charge in [-0.1, -0.05) is 46.7 Å². The zero-order valence-corrected chi connectivity index (χ0v) is 20.6. The van der Waals surface area contributed by atoms with Crippen LogP contribution in [0.1, 0.15) is 44.1 Å². The Kier molecular flexibility index (Phi) is 8.54. The smallest absolute Gasteiger partial charge is 0.212 e. The van der Waals surface area contributed by atoms with Crippen molar-refractivity contribution >= 4 is 33.9 Å². The summed E-state index contributed by atoms with van der Waals surface area (Å²) in [6.45, 7) is 6.10. The average Bonchev–Trinajstić information content (AvgIpc) is 3.14. The largest absolute Gasteiger partial charge is 0.493 e. The van der Waals surface area contributed by atoms with Crippen LogP contribution in [-0.4, -0.2) is 34.3 Å². The minimum absolute atomic E-state index is 0.0763. The van der Waals surface area contributed by atoms with Gasteiger partial charge in [-0.05, 0) is 61.7 Å². The van der Waals surface area contributed by atoms with E-state index < -0.39 is 0 Å². The minimum Gasteiger partial charge on any atom is -0.493 e. The van der Waals surface area contributed by atoms with Gasteiger partial charge >= 0.3 is 0 Å². The van der Waals surface area contributed by atoms with E-state index in [-0.39, 0.29) is 6.10 Å². The number of rotatable bonds is 10. The highest BCUT2D eigenvalue weighted by Gasteiger charge is 2.12. The molecule has 6 nitrogen and oxygen atoms in total. The number of benzene rings is 2. The zero-order chi connectivity index (χ0) is 22.2. The van der Waals surface area contributed by atoms with Crippen molar-refractivity contribution in [1.82, 2.24) is 14.9 Å². The van der Waals surface area contributed by atoms with Gasteiger partial charge in [0.25, 0.3) is 0 Å². The van der Waals surface area contributed by atoms with Crippen molar-refractivity contribution in [1.29, 1.82) is 0 Å². The Labute approximate surface area is 196 Å². The van der Waals surface area contributed by atoms with Crippen LogP contribution in [0.25, 0.3) is 0 Å². The number of hydrogen-bond donors (Lipinski definition) is 0. The Bertz CT molecular complexity index is 1020. The zero-order valence-electron chi connectivity index (χ0n) is 18.2. The van der Waals surface area contributed by atoms with Gasteiger partial charge in [-0.25, -0.2) is 0 Å². The van der Waals surface area contributed by atoms with Gasteiger partial charge in [0.1, 0.15) is 0 Å². The van der Waals surface area contributed by atoms with E-state index in [0.717, 1.165) is 45.4 Å². The summed E-state index contributed by atoms with van der Waals surface area (Å²) in [6, 6.07) is 14.1. The van der Waals surface area contributed by atoms with E-state index in [1.54, 1.807) is 25.1 Å². The van der Waals surface area contributed by atoms with Gasteiger partial charge in [0.2, 0.25) is 5.16 Å². The molecule has 0 radical (unpaired) electrons. The molecule has 0 aliphatic rings. The number of hydrogen-bond acceptors (Lipinski definition) is 6. The van der Waals surface area contributed by atoms with Gasteiger partial charge in [0, 0.05) is 16.6 Å². The van der Waals surface area contributed by atoms with E-state index in [2.05, 4.69) is 50.3 Å². The molecular weight excluding hydrogens is 476 g/mol. The SMILES string of the molecule is CCCc1nnc(SCc2ccc(Br)cc2)n1/N=C\c1ccc(OC(C)C)c(OC)c1. The van der Waals surface area contributed by atoms with Crippen LogP contribution in [0.5, 0.6) is 11.5 Å². The fourth-order valence-corrected chi connectivity index (χ4v) is 3.98. The van der Waals surface area contributed by atoms with Crippen LogP contribution in [0, 0.1) is 0 Å². The molecule has 0 aliphatic carbocycles. The molecule has 0 amide bonds. The Balaban J connectivity index is 1.81. The van der Waals surface area contributed by atoms with Crippen molar-refractivity contribution in [3.63, 3.8) is 0 Å². The van der Waals surface area contributed by atoms with Crippen molar-refractivity contribution in [2.75, 3.05) is 7.11 Å². The van der Waals surface area contributed by atoms with Crippen LogP contribution in [-0.2, 0) is 12.2 Å². The van der Waals surface area contributed by atoms with E-state index >= 15 is 0 Å². The topological polar surface area (TPSA) is 61.5 Å². The predicted molar refractivity (Wildman–Crippen MR) is 129 cm³/mol. The van der Waals surface area contributed by atoms with Gasteiger partial charge in [0.15, 0.2) is 17.3 Å². The summed E-state index contributed by atoms with van der Waals surface area (Å²) < 4.78 is 14.2. The third-order valence-corrected chi connectivity index (χ3v) is 5.82. The molecule has 1 heterocycles. The standard InChI is InChI=1S/C23H27BrN4O2S/c1-5-6-22-26-27-23(31-15-17-7-10-19(24)11-8-17)28(22)25-14-18-9-12-20(30-16(2)3)21(13-18)29-4/h7-14,16H,5-6,15H2,1-4H3/b25-14-. The molecule has 1 aromatic heterocycles. The molecule has 0 saturated carbocycles. The summed E-state index contributed by atoms with van der Waals surface area (Å²) in [6.07, 6.45) is 3.66. The molecule has 3 rings (SSSR count). The predicted octanol–water partition coefficient (Wildman–Crippen LogP) is 5.96. The molecule has 31 heavy (non-hydrogen) atoms. The lowest BCUT2D eigenvalue weighted by atomic mass is 10.2. The maximum absolute atomic E-state index is 5.79. The highest BCUT2D eigenvalue weighted by molar-refractivity contribution is 9.10. The molecule has 0 bridgehead atoms. The molecule has 0 saturated heterocycles. The van der Waals surface area contributed by atoms with Crippen molar-refractivity contribution in [3.05, 3.63) is 63.9 Å². The molecular formula is C23H27BrN4O2S. The summed E-state index contributed by atoms with van der Waals surface area (Å²) in [4.78, 5) is 0. The summed E-state index contributed by atoms with van der Waals surface area (Å²) >= 11 is 5.09. The molecule has 0 fully saturated rings. The first-order valence-corrected chi connectivity index (χ1v) is 12.0. The van der Waals surface area contributed by atoms with Crippen molar-refractivity contribution in [3.8, 4) is 11.5 Å². The normalized spacial score (nSPS) is 11.4. The highest BCUT2D eigenvalue weighted by atomic mass is 79.9. The van der Waals surface area contributed by atoms with E-state index in [9.17, 15) is 0 Å². The number of aromatic nitrogens is 3. The van der Waals surface area contributed by atoms with Gasteiger partial charge in [-0.2, -0.15) is 9.78 Å². The number of thioether (sulfide) groups is 1. The second-order valence-electron chi connectivity index (χ2n) is 7.20. The van der Waals surface area contributed by atoms with Gasteiger partial charge in [0.05, 0.1) is 19.4 Å². The summed E-state index contributed by atoms with van der Waals surface area (Å²) in [5.74, 6) is 3.04. The Morgan fingerprint density at radius 2 is 1.90 bits per heavy atom. The molecule has 0 atom stereocenters. The third-order valence-electron chi connectivity index (χ3n) is 4.30. The van der Waals surface area contributed by atoms with E-state index in [1.807, 2.05) is 48.9 Å². The van der Waals surface area contributed by atoms with Crippen LogP contribution in [0.3, 0.4) is 0 Å². The molecule has 164 valence electrons. The van der Waals surface area contributed by atoms with E-state index in [1.165, 1.54) is 5.56 Å². The quantitative estimate of drug-likeness (QED) is 0.252. The summed E-state index contributed by atoms with van der Waals surface area (Å²) in [5.41, 5.74) is 2.13.